The molecule has 3 aromatic rings. The van der Waals surface area contributed by atoms with E-state index in [4.69, 9.17) is 15.9 Å². The van der Waals surface area contributed by atoms with Crippen molar-refractivity contribution >= 4 is 46.3 Å². The number of fused-ring (bicyclic) bond motifs is 1. The molecule has 2 aromatic carbocycles. The quantitative estimate of drug-likeness (QED) is 0.142. The molecule has 1 heterocycles. The number of ether oxygens (including phenoxy) is 2. The number of rotatable bonds is 14. The molecule has 0 saturated heterocycles. The van der Waals surface area contributed by atoms with Crippen molar-refractivity contribution in [3.63, 3.8) is 0 Å². The first-order valence-electron chi connectivity index (χ1n) is 16.3. The van der Waals surface area contributed by atoms with Crippen LogP contribution in [-0.2, 0) is 35.2 Å². The second-order valence-electron chi connectivity index (χ2n) is 14.0. The molecule has 0 radical (unpaired) electrons. The maximum Gasteiger partial charge on any atom is 0.329 e. The molecule has 4 N–H and O–H groups in total. The molecular weight excluding hydrogens is 658 g/mol. The SMILES string of the molecule is C#CCN(Cc1ccc2nc(C)[nH]c(=O)c2c1)c1ccc(C(=O)N[C@@H](CCC(=O)N[C@@H](CC(=O)O)C(=O)OC(C)(C)C)C(=O)OC(C)(C)C)cc1. The number of hydrogen-bond acceptors (Lipinski definition) is 10. The van der Waals surface area contributed by atoms with E-state index >= 15 is 0 Å². The number of aliphatic carboxylic acids is 1. The summed E-state index contributed by atoms with van der Waals surface area (Å²) >= 11 is 0. The average Bonchev–Trinajstić information content (AvgIpc) is 3.00. The lowest BCUT2D eigenvalue weighted by Gasteiger charge is -2.25. The van der Waals surface area contributed by atoms with Gasteiger partial charge in [-0.15, -0.1) is 6.42 Å². The summed E-state index contributed by atoms with van der Waals surface area (Å²) in [5.74, 6) is -1.22. The number of benzene rings is 2. The van der Waals surface area contributed by atoms with E-state index in [0.717, 1.165) is 5.56 Å². The number of hydrogen-bond donors (Lipinski definition) is 4. The number of terminal acetylenes is 1. The molecule has 2 atom stereocenters. The average molecular weight is 704 g/mol. The lowest BCUT2D eigenvalue weighted by atomic mass is 10.1. The smallest absolute Gasteiger partial charge is 0.329 e. The second-order valence-corrected chi connectivity index (χ2v) is 14.0. The van der Waals surface area contributed by atoms with E-state index in [9.17, 15) is 33.9 Å². The van der Waals surface area contributed by atoms with Gasteiger partial charge in [0.05, 0.1) is 23.9 Å². The first kappa shape index (κ1) is 39.7. The number of aromatic amines is 1. The molecule has 3 rings (SSSR count). The largest absolute Gasteiger partial charge is 0.481 e. The van der Waals surface area contributed by atoms with Crippen LogP contribution < -0.4 is 21.1 Å². The van der Waals surface area contributed by atoms with Crippen molar-refractivity contribution in [2.75, 3.05) is 11.4 Å². The fourth-order valence-electron chi connectivity index (χ4n) is 4.94. The van der Waals surface area contributed by atoms with Crippen LogP contribution in [0.5, 0.6) is 0 Å². The van der Waals surface area contributed by atoms with Crippen LogP contribution in [0.1, 0.15) is 82.6 Å². The number of amides is 2. The highest BCUT2D eigenvalue weighted by molar-refractivity contribution is 5.97. The number of H-pyrrole nitrogens is 1. The van der Waals surface area contributed by atoms with Gasteiger partial charge in [0.2, 0.25) is 5.91 Å². The first-order valence-corrected chi connectivity index (χ1v) is 16.3. The van der Waals surface area contributed by atoms with E-state index in [1.807, 2.05) is 11.0 Å². The normalized spacial score (nSPS) is 12.6. The molecule has 14 heteroatoms. The van der Waals surface area contributed by atoms with Crippen LogP contribution in [0.4, 0.5) is 5.69 Å². The number of aryl methyl sites for hydroxylation is 1. The van der Waals surface area contributed by atoms with E-state index in [1.165, 1.54) is 0 Å². The van der Waals surface area contributed by atoms with Gasteiger partial charge in [0.1, 0.15) is 29.1 Å². The van der Waals surface area contributed by atoms with Gasteiger partial charge < -0.3 is 35.1 Å². The number of anilines is 1. The summed E-state index contributed by atoms with van der Waals surface area (Å²) in [4.78, 5) is 84.6. The van der Waals surface area contributed by atoms with Crippen LogP contribution in [-0.4, -0.2) is 74.6 Å². The molecule has 2 amide bonds. The van der Waals surface area contributed by atoms with Gasteiger partial charge >= 0.3 is 17.9 Å². The van der Waals surface area contributed by atoms with Crippen LogP contribution in [0, 0.1) is 19.3 Å². The maximum atomic E-state index is 13.3. The molecule has 0 unspecified atom stereocenters. The van der Waals surface area contributed by atoms with Crippen LogP contribution in [0.15, 0.2) is 47.3 Å². The third-order valence-corrected chi connectivity index (χ3v) is 7.10. The minimum Gasteiger partial charge on any atom is -0.481 e. The second kappa shape index (κ2) is 16.8. The number of carboxylic acids is 1. The molecule has 0 fully saturated rings. The highest BCUT2D eigenvalue weighted by Gasteiger charge is 2.31. The Morgan fingerprint density at radius 2 is 1.55 bits per heavy atom. The van der Waals surface area contributed by atoms with E-state index in [0.29, 0.717) is 29.0 Å². The fourth-order valence-corrected chi connectivity index (χ4v) is 4.94. The van der Waals surface area contributed by atoms with Gasteiger partial charge in [-0.3, -0.25) is 19.2 Å². The summed E-state index contributed by atoms with van der Waals surface area (Å²) in [6, 6.07) is 9.18. The number of carbonyl (C=O) groups excluding carboxylic acids is 4. The molecule has 0 saturated carbocycles. The fraction of sp³-hybridized carbons (Fsp3) is 0.432. The summed E-state index contributed by atoms with van der Waals surface area (Å²) in [5, 5.41) is 14.7. The van der Waals surface area contributed by atoms with Crippen molar-refractivity contribution in [1.29, 1.82) is 0 Å². The Morgan fingerprint density at radius 3 is 2.12 bits per heavy atom. The van der Waals surface area contributed by atoms with E-state index < -0.39 is 59.4 Å². The zero-order valence-corrected chi connectivity index (χ0v) is 29.9. The van der Waals surface area contributed by atoms with Gasteiger partial charge in [-0.1, -0.05) is 12.0 Å². The Balaban J connectivity index is 1.74. The van der Waals surface area contributed by atoms with Crippen LogP contribution >= 0.6 is 0 Å². The van der Waals surface area contributed by atoms with Crippen LogP contribution in [0.2, 0.25) is 0 Å². The first-order chi connectivity index (χ1) is 23.7. The molecule has 0 aliphatic rings. The molecule has 0 aliphatic heterocycles. The molecule has 0 bridgehead atoms. The summed E-state index contributed by atoms with van der Waals surface area (Å²) in [7, 11) is 0. The molecule has 0 spiro atoms. The van der Waals surface area contributed by atoms with E-state index in [1.54, 1.807) is 84.9 Å². The van der Waals surface area contributed by atoms with Crippen molar-refractivity contribution in [3.05, 3.63) is 69.8 Å². The standard InChI is InChI=1S/C37H45N5O9/c1-9-18-42(21-23-10-15-27-26(19-23)33(47)39-22(2)38-27)25-13-11-24(12-14-25)32(46)41-28(34(48)50-36(3,4)5)16-17-30(43)40-29(20-31(44)45)35(49)51-37(6,7)8/h1,10-15,19,28-29H,16-18,20-21H2,2-8H3,(H,40,43)(H,41,46)(H,44,45)(H,38,39,47)/t28-,29-/m0/s1. The summed E-state index contributed by atoms with van der Waals surface area (Å²) in [6.45, 7) is 12.1. The zero-order chi connectivity index (χ0) is 38.1. The highest BCUT2D eigenvalue weighted by Crippen LogP contribution is 2.20. The lowest BCUT2D eigenvalue weighted by Crippen LogP contribution is -2.47. The topological polar surface area (TPSA) is 197 Å². The van der Waals surface area contributed by atoms with Crippen molar-refractivity contribution < 1.29 is 38.6 Å². The molecule has 51 heavy (non-hydrogen) atoms. The molecule has 1 aromatic heterocycles. The van der Waals surface area contributed by atoms with Gasteiger partial charge in [0.25, 0.3) is 11.5 Å². The Labute approximate surface area is 296 Å². The van der Waals surface area contributed by atoms with Gasteiger partial charge in [-0.25, -0.2) is 14.6 Å². The summed E-state index contributed by atoms with van der Waals surface area (Å²) in [5.41, 5.74) is 0.240. The van der Waals surface area contributed by atoms with E-state index in [-0.39, 0.29) is 30.5 Å². The number of nitrogens with one attached hydrogen (secondary N) is 3. The maximum absolute atomic E-state index is 13.3. The highest BCUT2D eigenvalue weighted by atomic mass is 16.6. The van der Waals surface area contributed by atoms with Crippen molar-refractivity contribution in [2.24, 2.45) is 0 Å². The minimum absolute atomic E-state index is 0.210. The Bertz CT molecular complexity index is 1860. The Morgan fingerprint density at radius 1 is 0.941 bits per heavy atom. The number of nitrogens with zero attached hydrogens (tertiary/aromatic N) is 2. The van der Waals surface area contributed by atoms with Gasteiger partial charge in [-0.05, 0) is 96.8 Å². The van der Waals surface area contributed by atoms with Gasteiger partial charge in [0, 0.05) is 24.2 Å². The Kier molecular flexibility index (Phi) is 13.1. The minimum atomic E-state index is -1.46. The van der Waals surface area contributed by atoms with Gasteiger partial charge in [0.15, 0.2) is 0 Å². The van der Waals surface area contributed by atoms with Crippen molar-refractivity contribution in [1.82, 2.24) is 20.6 Å². The molecular formula is C37H45N5O9. The molecule has 272 valence electrons. The summed E-state index contributed by atoms with van der Waals surface area (Å²) < 4.78 is 10.7. The monoisotopic (exact) mass is 703 g/mol. The van der Waals surface area contributed by atoms with Crippen LogP contribution in [0.25, 0.3) is 10.9 Å². The Hall–Kier alpha value is -5.71. The third kappa shape index (κ3) is 12.6. The van der Waals surface area contributed by atoms with Gasteiger partial charge in [-0.2, -0.15) is 0 Å². The van der Waals surface area contributed by atoms with Crippen molar-refractivity contribution in [3.8, 4) is 12.3 Å². The molecule has 0 aliphatic carbocycles. The predicted molar refractivity (Wildman–Crippen MR) is 190 cm³/mol. The number of carboxylic acid groups (broad SMARTS) is 1. The number of aromatic nitrogens is 2. The van der Waals surface area contributed by atoms with Crippen molar-refractivity contribution in [2.45, 2.75) is 97.6 Å². The number of carbonyl (C=O) groups is 5. The van der Waals surface area contributed by atoms with Crippen LogP contribution in [0.3, 0.4) is 0 Å². The third-order valence-electron chi connectivity index (χ3n) is 7.10. The lowest BCUT2D eigenvalue weighted by molar-refractivity contribution is -0.161. The number of esters is 2. The molecule has 14 nitrogen and oxygen atoms in total. The van der Waals surface area contributed by atoms with E-state index in [2.05, 4.69) is 26.5 Å². The zero-order valence-electron chi connectivity index (χ0n) is 29.9. The summed E-state index contributed by atoms with van der Waals surface area (Å²) in [6.07, 6.45) is 4.39. The predicted octanol–water partition coefficient (Wildman–Crippen LogP) is 3.39.